The lowest BCUT2D eigenvalue weighted by molar-refractivity contribution is -0.117. The zero-order valence-electron chi connectivity index (χ0n) is 6.75. The largest absolute Gasteiger partial charge is 0.300 e. The molecule has 4 nitrogen and oxygen atoms in total. The first-order valence-electron chi connectivity index (χ1n) is 3.38. The molecule has 1 N–H and O–H groups in total. The highest BCUT2D eigenvalue weighted by atomic mass is 32.2. The van der Waals surface area contributed by atoms with Crippen molar-refractivity contribution in [2.45, 2.75) is 19.8 Å². The van der Waals surface area contributed by atoms with Crippen LogP contribution in [0.15, 0.2) is 0 Å². The fraction of sp³-hybridized carbons (Fsp3) is 0.833. The van der Waals surface area contributed by atoms with Gasteiger partial charge in [-0.25, -0.2) is 13.1 Å². The van der Waals surface area contributed by atoms with Crippen LogP contribution in [0, 0.1) is 0 Å². The van der Waals surface area contributed by atoms with E-state index in [9.17, 15) is 13.2 Å². The van der Waals surface area contributed by atoms with Crippen molar-refractivity contribution >= 4 is 15.8 Å². The number of sulfonamides is 1. The summed E-state index contributed by atoms with van der Waals surface area (Å²) in [6.07, 6.45) is 0.736. The molecule has 0 unspecified atom stereocenters. The number of hydrogen-bond donors (Lipinski definition) is 1. The number of ketones is 1. The van der Waals surface area contributed by atoms with E-state index in [-0.39, 0.29) is 11.5 Å². The van der Waals surface area contributed by atoms with E-state index in [1.54, 1.807) is 0 Å². The number of rotatable bonds is 5. The van der Waals surface area contributed by atoms with Crippen LogP contribution in [0.3, 0.4) is 0 Å². The van der Waals surface area contributed by atoms with Gasteiger partial charge in [-0.15, -0.1) is 0 Å². The number of nitrogens with one attached hydrogen (secondary N) is 1. The van der Waals surface area contributed by atoms with E-state index >= 15 is 0 Å². The Morgan fingerprint density at radius 3 is 2.36 bits per heavy atom. The molecule has 0 heterocycles. The van der Waals surface area contributed by atoms with Crippen LogP contribution in [0.1, 0.15) is 19.8 Å². The van der Waals surface area contributed by atoms with Crippen molar-refractivity contribution < 1.29 is 13.2 Å². The van der Waals surface area contributed by atoms with Gasteiger partial charge >= 0.3 is 0 Å². The highest BCUT2D eigenvalue weighted by Gasteiger charge is 2.06. The Morgan fingerprint density at radius 2 is 2.00 bits per heavy atom. The van der Waals surface area contributed by atoms with Crippen molar-refractivity contribution in [3.05, 3.63) is 0 Å². The molecule has 0 aliphatic heterocycles. The molecule has 0 aromatic rings. The van der Waals surface area contributed by atoms with Crippen molar-refractivity contribution in [3.8, 4) is 0 Å². The van der Waals surface area contributed by atoms with Gasteiger partial charge in [0.05, 0.1) is 5.75 Å². The summed E-state index contributed by atoms with van der Waals surface area (Å²) in [6, 6.07) is 0. The highest BCUT2D eigenvalue weighted by molar-refractivity contribution is 7.89. The average Bonchev–Trinajstić information content (AvgIpc) is 1.87. The molecule has 0 saturated heterocycles. The molecule has 0 rings (SSSR count). The van der Waals surface area contributed by atoms with Crippen LogP contribution in [0.2, 0.25) is 0 Å². The second kappa shape index (κ2) is 4.46. The molecule has 0 aromatic carbocycles. The third kappa shape index (κ3) is 6.00. The number of hydrogen-bond acceptors (Lipinski definition) is 3. The summed E-state index contributed by atoms with van der Waals surface area (Å²) in [5.41, 5.74) is 0. The second-order valence-corrected chi connectivity index (χ2v) is 4.37. The van der Waals surface area contributed by atoms with Crippen molar-refractivity contribution in [1.82, 2.24) is 4.72 Å². The zero-order chi connectivity index (χ0) is 8.91. The van der Waals surface area contributed by atoms with E-state index in [4.69, 9.17) is 0 Å². The molecule has 11 heavy (non-hydrogen) atoms. The highest BCUT2D eigenvalue weighted by Crippen LogP contribution is 1.94. The molecule has 0 fully saturated rings. The van der Waals surface area contributed by atoms with E-state index in [1.165, 1.54) is 14.0 Å². The molecule has 0 amide bonds. The van der Waals surface area contributed by atoms with E-state index in [2.05, 4.69) is 4.72 Å². The molecule has 0 bridgehead atoms. The molecule has 0 aliphatic carbocycles. The molecule has 0 spiro atoms. The van der Waals surface area contributed by atoms with Gasteiger partial charge in [-0.05, 0) is 20.4 Å². The minimum atomic E-state index is -3.12. The lowest BCUT2D eigenvalue weighted by atomic mass is 10.3. The molecule has 0 saturated carbocycles. The summed E-state index contributed by atoms with van der Waals surface area (Å²) in [6.45, 7) is 1.45. The molecule has 0 atom stereocenters. The predicted molar refractivity (Wildman–Crippen MR) is 42.8 cm³/mol. The number of carbonyl (C=O) groups is 1. The predicted octanol–water partition coefficient (Wildman–Crippen LogP) is -0.0952. The maximum absolute atomic E-state index is 10.8. The van der Waals surface area contributed by atoms with Crippen molar-refractivity contribution in [2.75, 3.05) is 12.8 Å². The minimum absolute atomic E-state index is 0.0244. The number of Topliss-reactive ketones (excluding diaryl/α,β-unsaturated/α-hetero) is 1. The maximum Gasteiger partial charge on any atom is 0.211 e. The summed E-state index contributed by atoms with van der Waals surface area (Å²) in [5.74, 6) is 0.0552. The summed E-state index contributed by atoms with van der Waals surface area (Å²) >= 11 is 0. The standard InChI is InChI=1S/C6H13NO3S/c1-6(8)4-3-5-11(9,10)7-2/h7H,3-5H2,1-2H3. The average molecular weight is 179 g/mol. The van der Waals surface area contributed by atoms with Gasteiger partial charge in [-0.3, -0.25) is 0 Å². The third-order valence-electron chi connectivity index (χ3n) is 1.25. The molecule has 0 aliphatic rings. The fourth-order valence-corrected chi connectivity index (χ4v) is 1.34. The van der Waals surface area contributed by atoms with Crippen LogP contribution in [0.25, 0.3) is 0 Å². The summed E-state index contributed by atoms with van der Waals surface area (Å²) in [7, 11) is -1.75. The van der Waals surface area contributed by atoms with Crippen LogP contribution in [0.4, 0.5) is 0 Å². The molecule has 0 radical (unpaired) electrons. The molecule has 5 heteroatoms. The third-order valence-corrected chi connectivity index (χ3v) is 2.70. The van der Waals surface area contributed by atoms with Crippen LogP contribution in [0.5, 0.6) is 0 Å². The minimum Gasteiger partial charge on any atom is -0.300 e. The van der Waals surface area contributed by atoms with Crippen LogP contribution in [-0.4, -0.2) is 27.0 Å². The molecular formula is C6H13NO3S. The quantitative estimate of drug-likeness (QED) is 0.641. The van der Waals surface area contributed by atoms with Gasteiger partial charge in [0.15, 0.2) is 0 Å². The van der Waals surface area contributed by atoms with E-state index in [0.717, 1.165) is 0 Å². The second-order valence-electron chi connectivity index (χ2n) is 2.33. The zero-order valence-corrected chi connectivity index (χ0v) is 7.57. The smallest absolute Gasteiger partial charge is 0.211 e. The van der Waals surface area contributed by atoms with E-state index < -0.39 is 10.0 Å². The van der Waals surface area contributed by atoms with Crippen molar-refractivity contribution in [3.63, 3.8) is 0 Å². The Labute approximate surface area is 67.0 Å². The van der Waals surface area contributed by atoms with Gasteiger partial charge in [0, 0.05) is 6.42 Å². The van der Waals surface area contributed by atoms with Crippen molar-refractivity contribution in [2.24, 2.45) is 0 Å². The fourth-order valence-electron chi connectivity index (χ4n) is 0.613. The van der Waals surface area contributed by atoms with Gasteiger partial charge in [0.1, 0.15) is 5.78 Å². The Balaban J connectivity index is 3.63. The monoisotopic (exact) mass is 179 g/mol. The molecule has 66 valence electrons. The molecule has 0 aromatic heterocycles. The summed E-state index contributed by atoms with van der Waals surface area (Å²) in [4.78, 5) is 10.4. The van der Waals surface area contributed by atoms with Gasteiger partial charge in [0.2, 0.25) is 10.0 Å². The van der Waals surface area contributed by atoms with Gasteiger partial charge in [-0.2, -0.15) is 0 Å². The summed E-state index contributed by atoms with van der Waals surface area (Å²) < 4.78 is 23.7. The van der Waals surface area contributed by atoms with Crippen LogP contribution < -0.4 is 4.72 Å². The van der Waals surface area contributed by atoms with E-state index in [1.807, 2.05) is 0 Å². The SMILES string of the molecule is CNS(=O)(=O)CCCC(C)=O. The van der Waals surface area contributed by atoms with Crippen LogP contribution in [-0.2, 0) is 14.8 Å². The topological polar surface area (TPSA) is 63.2 Å². The lowest BCUT2D eigenvalue weighted by Crippen LogP contribution is -2.22. The number of carbonyl (C=O) groups excluding carboxylic acids is 1. The van der Waals surface area contributed by atoms with Crippen molar-refractivity contribution in [1.29, 1.82) is 0 Å². The first kappa shape index (κ1) is 10.6. The first-order chi connectivity index (χ1) is 4.98. The maximum atomic E-state index is 10.8. The van der Waals surface area contributed by atoms with E-state index in [0.29, 0.717) is 12.8 Å². The van der Waals surface area contributed by atoms with Gasteiger partial charge in [-0.1, -0.05) is 0 Å². The Bertz CT molecular complexity index is 220. The lowest BCUT2D eigenvalue weighted by Gasteiger charge is -1.99. The van der Waals surface area contributed by atoms with Gasteiger partial charge < -0.3 is 4.79 Å². The van der Waals surface area contributed by atoms with Gasteiger partial charge in [0.25, 0.3) is 0 Å². The Kier molecular flexibility index (Phi) is 4.29. The Morgan fingerprint density at radius 1 is 1.45 bits per heavy atom. The first-order valence-corrected chi connectivity index (χ1v) is 5.04. The normalized spacial score (nSPS) is 11.5. The Hall–Kier alpha value is -0.420. The van der Waals surface area contributed by atoms with Crippen LogP contribution >= 0.6 is 0 Å². The summed E-state index contributed by atoms with van der Waals surface area (Å²) in [5, 5.41) is 0. The molecular weight excluding hydrogens is 166 g/mol.